The molecular formula is C26H28Cl2N2O4. The molecule has 6 nitrogen and oxygen atoms in total. The zero-order chi connectivity index (χ0) is 24.7. The summed E-state index contributed by atoms with van der Waals surface area (Å²) >= 11 is 12.0. The van der Waals surface area contributed by atoms with Crippen LogP contribution < -0.4 is 10.6 Å². The van der Waals surface area contributed by atoms with Crippen LogP contribution in [0.4, 0.5) is 0 Å². The van der Waals surface area contributed by atoms with Crippen LogP contribution >= 0.6 is 23.2 Å². The van der Waals surface area contributed by atoms with Gasteiger partial charge in [-0.15, -0.1) is 0 Å². The molecule has 0 aliphatic carbocycles. The molecule has 3 aromatic rings. The molecule has 0 saturated heterocycles. The van der Waals surface area contributed by atoms with Crippen molar-refractivity contribution in [3.63, 3.8) is 0 Å². The van der Waals surface area contributed by atoms with Crippen LogP contribution in [0.3, 0.4) is 0 Å². The molecule has 3 rings (SSSR count). The van der Waals surface area contributed by atoms with E-state index in [9.17, 15) is 20.1 Å². The molecule has 5 N–H and O–H groups in total. The summed E-state index contributed by atoms with van der Waals surface area (Å²) < 4.78 is 0. The number of aliphatic hydroxyl groups excluding tert-OH is 2. The van der Waals surface area contributed by atoms with Gasteiger partial charge in [0, 0.05) is 30.3 Å². The van der Waals surface area contributed by atoms with Crippen LogP contribution in [0.5, 0.6) is 5.75 Å². The standard InChI is InChI=1S/C26H28Cl2N2O4/c1-16(29-14-25(33)19-6-8-24(32)21(12-19)15-31)9-17-3-2-4-20(10-17)26(34)30-13-18-5-7-22(27)23(28)11-18/h2-8,10-12,16,25,29,31-33H,9,13-15H2,1H3,(H,30,34)/t16-,25-/m1/s1. The maximum Gasteiger partial charge on any atom is 0.251 e. The molecule has 0 fully saturated rings. The summed E-state index contributed by atoms with van der Waals surface area (Å²) in [6.45, 7) is 2.35. The van der Waals surface area contributed by atoms with E-state index in [1.807, 2.05) is 31.2 Å². The van der Waals surface area contributed by atoms with E-state index in [0.717, 1.165) is 11.1 Å². The third-order valence-corrected chi connectivity index (χ3v) is 6.23. The summed E-state index contributed by atoms with van der Waals surface area (Å²) in [7, 11) is 0. The number of carbonyl (C=O) groups is 1. The Hall–Kier alpha value is -2.61. The number of aliphatic hydroxyl groups is 2. The molecule has 0 saturated carbocycles. The Morgan fingerprint density at radius 3 is 2.53 bits per heavy atom. The quantitative estimate of drug-likeness (QED) is 0.283. The van der Waals surface area contributed by atoms with Crippen molar-refractivity contribution in [3.05, 3.63) is 98.5 Å². The number of rotatable bonds is 10. The summed E-state index contributed by atoms with van der Waals surface area (Å²) in [5.41, 5.74) is 3.39. The summed E-state index contributed by atoms with van der Waals surface area (Å²) in [5.74, 6) is -0.184. The lowest BCUT2D eigenvalue weighted by Crippen LogP contribution is -2.32. The summed E-state index contributed by atoms with van der Waals surface area (Å²) in [6, 6.07) is 17.4. The fourth-order valence-electron chi connectivity index (χ4n) is 3.57. The molecule has 0 unspecified atom stereocenters. The summed E-state index contributed by atoms with van der Waals surface area (Å²) in [4.78, 5) is 12.6. The van der Waals surface area contributed by atoms with E-state index in [4.69, 9.17) is 23.2 Å². The number of amides is 1. The lowest BCUT2D eigenvalue weighted by Gasteiger charge is -2.18. The van der Waals surface area contributed by atoms with Crippen molar-refractivity contribution in [2.75, 3.05) is 6.54 Å². The second kappa shape index (κ2) is 12.2. The van der Waals surface area contributed by atoms with Crippen molar-refractivity contribution in [2.24, 2.45) is 0 Å². The highest BCUT2D eigenvalue weighted by molar-refractivity contribution is 6.42. The van der Waals surface area contributed by atoms with Gasteiger partial charge in [0.05, 0.1) is 22.8 Å². The predicted molar refractivity (Wildman–Crippen MR) is 134 cm³/mol. The van der Waals surface area contributed by atoms with Gasteiger partial charge in [0.1, 0.15) is 5.75 Å². The second-order valence-corrected chi connectivity index (χ2v) is 9.02. The van der Waals surface area contributed by atoms with Crippen molar-refractivity contribution in [3.8, 4) is 5.75 Å². The molecule has 1 amide bonds. The predicted octanol–water partition coefficient (Wildman–Crippen LogP) is 4.38. The molecule has 0 aliphatic heterocycles. The summed E-state index contributed by atoms with van der Waals surface area (Å²) in [5, 5.41) is 36.5. The van der Waals surface area contributed by atoms with Gasteiger partial charge in [-0.1, -0.05) is 47.5 Å². The van der Waals surface area contributed by atoms with Gasteiger partial charge in [-0.3, -0.25) is 4.79 Å². The Morgan fingerprint density at radius 1 is 1.00 bits per heavy atom. The van der Waals surface area contributed by atoms with E-state index in [1.54, 1.807) is 30.3 Å². The molecule has 8 heteroatoms. The maximum atomic E-state index is 12.6. The summed E-state index contributed by atoms with van der Waals surface area (Å²) in [6.07, 6.45) is -0.121. The van der Waals surface area contributed by atoms with Gasteiger partial charge in [0.2, 0.25) is 0 Å². The highest BCUT2D eigenvalue weighted by atomic mass is 35.5. The molecule has 0 spiro atoms. The maximum absolute atomic E-state index is 12.6. The highest BCUT2D eigenvalue weighted by Gasteiger charge is 2.13. The number of benzene rings is 3. The van der Waals surface area contributed by atoms with Crippen LogP contribution in [0, 0.1) is 0 Å². The molecule has 0 bridgehead atoms. The number of nitrogens with one attached hydrogen (secondary N) is 2. The van der Waals surface area contributed by atoms with Gasteiger partial charge in [-0.2, -0.15) is 0 Å². The minimum atomic E-state index is -0.785. The Labute approximate surface area is 209 Å². The Balaban J connectivity index is 1.52. The Bertz CT molecular complexity index is 1140. The first-order chi connectivity index (χ1) is 16.3. The van der Waals surface area contributed by atoms with Crippen molar-refractivity contribution < 1.29 is 20.1 Å². The lowest BCUT2D eigenvalue weighted by atomic mass is 10.0. The number of hydrogen-bond donors (Lipinski definition) is 5. The zero-order valence-corrected chi connectivity index (χ0v) is 20.3. The normalized spacial score (nSPS) is 12.9. The van der Waals surface area contributed by atoms with Gasteiger partial charge < -0.3 is 26.0 Å². The van der Waals surface area contributed by atoms with E-state index in [0.29, 0.717) is 46.2 Å². The first kappa shape index (κ1) is 26.0. The van der Waals surface area contributed by atoms with Crippen LogP contribution in [-0.4, -0.2) is 33.8 Å². The van der Waals surface area contributed by atoms with Gasteiger partial charge >= 0.3 is 0 Å². The van der Waals surface area contributed by atoms with Crippen molar-refractivity contribution in [1.82, 2.24) is 10.6 Å². The molecule has 0 radical (unpaired) electrons. The molecule has 34 heavy (non-hydrogen) atoms. The van der Waals surface area contributed by atoms with Crippen LogP contribution in [0.25, 0.3) is 0 Å². The Morgan fingerprint density at radius 2 is 1.79 bits per heavy atom. The van der Waals surface area contributed by atoms with E-state index < -0.39 is 6.10 Å². The van der Waals surface area contributed by atoms with Crippen LogP contribution in [0.1, 0.15) is 45.6 Å². The van der Waals surface area contributed by atoms with E-state index in [2.05, 4.69) is 10.6 Å². The fourth-order valence-corrected chi connectivity index (χ4v) is 3.89. The average Bonchev–Trinajstić information content (AvgIpc) is 2.83. The highest BCUT2D eigenvalue weighted by Crippen LogP contribution is 2.23. The van der Waals surface area contributed by atoms with Crippen LogP contribution in [0.15, 0.2) is 60.7 Å². The van der Waals surface area contributed by atoms with E-state index in [-0.39, 0.29) is 24.3 Å². The molecule has 0 heterocycles. The lowest BCUT2D eigenvalue weighted by molar-refractivity contribution is 0.0950. The van der Waals surface area contributed by atoms with E-state index in [1.165, 1.54) is 6.07 Å². The van der Waals surface area contributed by atoms with Crippen molar-refractivity contribution in [1.29, 1.82) is 0 Å². The minimum absolute atomic E-state index is 0.000611. The molecule has 0 aromatic heterocycles. The average molecular weight is 503 g/mol. The van der Waals surface area contributed by atoms with Gasteiger partial charge in [-0.05, 0) is 66.4 Å². The number of phenols is 1. The second-order valence-electron chi connectivity index (χ2n) is 8.21. The zero-order valence-electron chi connectivity index (χ0n) is 18.8. The SMILES string of the molecule is C[C@H](Cc1cccc(C(=O)NCc2ccc(Cl)c(Cl)c2)c1)NC[C@@H](O)c1ccc(O)c(CO)c1. The molecule has 180 valence electrons. The smallest absolute Gasteiger partial charge is 0.251 e. The van der Waals surface area contributed by atoms with Crippen molar-refractivity contribution in [2.45, 2.75) is 38.6 Å². The first-order valence-electron chi connectivity index (χ1n) is 10.9. The monoisotopic (exact) mass is 502 g/mol. The number of halogens is 2. The topological polar surface area (TPSA) is 102 Å². The van der Waals surface area contributed by atoms with Gasteiger partial charge in [0.15, 0.2) is 0 Å². The van der Waals surface area contributed by atoms with Crippen LogP contribution in [-0.2, 0) is 19.6 Å². The molecule has 3 aromatic carbocycles. The van der Waals surface area contributed by atoms with Gasteiger partial charge in [-0.25, -0.2) is 0 Å². The number of carbonyl (C=O) groups excluding carboxylic acids is 1. The molecule has 2 atom stereocenters. The van der Waals surface area contributed by atoms with Crippen LogP contribution in [0.2, 0.25) is 10.0 Å². The Kier molecular flexibility index (Phi) is 9.33. The first-order valence-corrected chi connectivity index (χ1v) is 11.7. The largest absolute Gasteiger partial charge is 0.508 e. The number of hydrogen-bond acceptors (Lipinski definition) is 5. The minimum Gasteiger partial charge on any atom is -0.508 e. The fraction of sp³-hybridized carbons (Fsp3) is 0.269. The van der Waals surface area contributed by atoms with Crippen molar-refractivity contribution >= 4 is 29.1 Å². The van der Waals surface area contributed by atoms with Gasteiger partial charge in [0.25, 0.3) is 5.91 Å². The molecule has 0 aliphatic rings. The number of aromatic hydroxyl groups is 1. The molecular weight excluding hydrogens is 475 g/mol. The third kappa shape index (κ3) is 7.19. The van der Waals surface area contributed by atoms with E-state index >= 15 is 0 Å². The third-order valence-electron chi connectivity index (χ3n) is 5.49.